The Bertz CT molecular complexity index is 1330. The number of thioether (sulfide) groups is 1. The summed E-state index contributed by atoms with van der Waals surface area (Å²) in [5.41, 5.74) is 12.1. The molecule has 0 saturated carbocycles. The molecular weight excluding hydrogens is 494 g/mol. The lowest BCUT2D eigenvalue weighted by Gasteiger charge is -2.36. The molecule has 3 N–H and O–H groups in total. The summed E-state index contributed by atoms with van der Waals surface area (Å²) < 4.78 is 18.5. The third-order valence-electron chi connectivity index (χ3n) is 6.79. The maximum atomic E-state index is 9.46. The summed E-state index contributed by atoms with van der Waals surface area (Å²) in [5, 5.41) is 9.46. The van der Waals surface area contributed by atoms with Crippen molar-refractivity contribution in [2.45, 2.75) is 43.0 Å². The quantitative estimate of drug-likeness (QED) is 0.237. The highest BCUT2D eigenvalue weighted by atomic mass is 32.2. The normalized spacial score (nSPS) is 19.3. The molecule has 0 amide bonds. The van der Waals surface area contributed by atoms with Gasteiger partial charge in [-0.15, -0.1) is 11.8 Å². The third-order valence-corrected chi connectivity index (χ3v) is 7.97. The van der Waals surface area contributed by atoms with Crippen molar-refractivity contribution in [3.8, 4) is 16.9 Å². The van der Waals surface area contributed by atoms with Gasteiger partial charge in [0, 0.05) is 29.2 Å². The number of hydrogen-bond acceptors (Lipinski definition) is 6. The fourth-order valence-electron chi connectivity index (χ4n) is 4.65. The van der Waals surface area contributed by atoms with Gasteiger partial charge in [-0.1, -0.05) is 78.9 Å². The lowest BCUT2D eigenvalue weighted by Crippen LogP contribution is -2.31. The number of para-hydroxylation sites is 1. The summed E-state index contributed by atoms with van der Waals surface area (Å²) in [6.07, 6.45) is 0.109. The average Bonchev–Trinajstić information content (AvgIpc) is 3.00. The third kappa shape index (κ3) is 6.29. The minimum absolute atomic E-state index is 0.0212. The van der Waals surface area contributed by atoms with Crippen LogP contribution in [0.2, 0.25) is 0 Å². The Balaban J connectivity index is 1.37. The minimum Gasteiger partial charge on any atom is -0.496 e. The fraction of sp³-hybridized carbons (Fsp3) is 0.250. The van der Waals surface area contributed by atoms with Crippen molar-refractivity contribution in [2.75, 3.05) is 12.9 Å². The van der Waals surface area contributed by atoms with E-state index in [1.165, 1.54) is 0 Å². The molecule has 4 aromatic carbocycles. The van der Waals surface area contributed by atoms with Gasteiger partial charge in [0.05, 0.1) is 25.9 Å². The van der Waals surface area contributed by atoms with Crippen LogP contribution in [0.25, 0.3) is 11.1 Å². The summed E-state index contributed by atoms with van der Waals surface area (Å²) >= 11 is 1.73. The monoisotopic (exact) mass is 527 g/mol. The van der Waals surface area contributed by atoms with E-state index in [0.29, 0.717) is 6.54 Å². The molecule has 5 nitrogen and oxygen atoms in total. The molecule has 0 aromatic heterocycles. The molecule has 0 unspecified atom stereocenters. The standard InChI is InChI=1S/C32H33NO4S/c1-35-29-7-2-3-8-31(29)38-21-28-18-30(25-11-9-22(20-34)10-12-25)37-32(36-28)26-15-13-24(14-16-26)27-6-4-5-23(17-27)19-33/h2-17,28,30,32,34H,18-21,33H2,1H3/t28-,30+,32+/m1/s1. The summed E-state index contributed by atoms with van der Waals surface area (Å²) in [6.45, 7) is 0.543. The second-order valence-corrected chi connectivity index (χ2v) is 10.4. The zero-order chi connectivity index (χ0) is 26.3. The lowest BCUT2D eigenvalue weighted by atomic mass is 9.99. The van der Waals surface area contributed by atoms with Gasteiger partial charge in [-0.2, -0.15) is 0 Å². The zero-order valence-electron chi connectivity index (χ0n) is 21.5. The van der Waals surface area contributed by atoms with Crippen molar-refractivity contribution in [1.82, 2.24) is 0 Å². The first-order chi connectivity index (χ1) is 18.7. The molecule has 3 atom stereocenters. The molecule has 1 fully saturated rings. The van der Waals surface area contributed by atoms with Gasteiger partial charge < -0.3 is 25.1 Å². The zero-order valence-corrected chi connectivity index (χ0v) is 22.3. The number of benzene rings is 4. The summed E-state index contributed by atoms with van der Waals surface area (Å²) in [4.78, 5) is 1.09. The molecule has 196 valence electrons. The molecule has 38 heavy (non-hydrogen) atoms. The van der Waals surface area contributed by atoms with Crippen molar-refractivity contribution in [2.24, 2.45) is 5.73 Å². The topological polar surface area (TPSA) is 73.9 Å². The van der Waals surface area contributed by atoms with Crippen molar-refractivity contribution in [1.29, 1.82) is 0 Å². The Morgan fingerprint density at radius 3 is 2.34 bits per heavy atom. The smallest absolute Gasteiger partial charge is 0.184 e. The van der Waals surface area contributed by atoms with Gasteiger partial charge in [0.25, 0.3) is 0 Å². The number of methoxy groups -OCH3 is 1. The van der Waals surface area contributed by atoms with Crippen LogP contribution >= 0.6 is 11.8 Å². The van der Waals surface area contributed by atoms with E-state index in [0.717, 1.165) is 56.2 Å². The van der Waals surface area contributed by atoms with Crippen LogP contribution in [0.3, 0.4) is 0 Å². The van der Waals surface area contributed by atoms with Gasteiger partial charge in [-0.25, -0.2) is 0 Å². The SMILES string of the molecule is COc1ccccc1SC[C@H]1C[C@@H](c2ccc(CO)cc2)O[C@@H](c2ccc(-c3cccc(CN)c3)cc2)O1. The molecule has 1 aliphatic rings. The van der Waals surface area contributed by atoms with Crippen LogP contribution in [0.4, 0.5) is 0 Å². The largest absolute Gasteiger partial charge is 0.496 e. The van der Waals surface area contributed by atoms with Crippen molar-refractivity contribution >= 4 is 11.8 Å². The van der Waals surface area contributed by atoms with Gasteiger partial charge in [0.2, 0.25) is 0 Å². The summed E-state index contributed by atoms with van der Waals surface area (Å²) in [5.74, 6) is 1.64. The predicted molar refractivity (Wildman–Crippen MR) is 152 cm³/mol. The van der Waals surface area contributed by atoms with E-state index >= 15 is 0 Å². The highest BCUT2D eigenvalue weighted by Gasteiger charge is 2.32. The van der Waals surface area contributed by atoms with Crippen molar-refractivity contribution in [3.63, 3.8) is 0 Å². The second kappa shape index (κ2) is 12.6. The van der Waals surface area contributed by atoms with Gasteiger partial charge >= 0.3 is 0 Å². The molecule has 1 heterocycles. The first-order valence-electron chi connectivity index (χ1n) is 12.8. The van der Waals surface area contributed by atoms with Gasteiger partial charge in [0.1, 0.15) is 5.75 Å². The van der Waals surface area contributed by atoms with E-state index in [-0.39, 0.29) is 18.8 Å². The molecule has 1 saturated heterocycles. The molecule has 0 radical (unpaired) electrons. The Labute approximate surface area is 228 Å². The van der Waals surface area contributed by atoms with E-state index in [1.807, 2.05) is 54.6 Å². The first kappa shape index (κ1) is 26.5. The van der Waals surface area contributed by atoms with Crippen LogP contribution in [-0.2, 0) is 22.6 Å². The number of rotatable bonds is 9. The van der Waals surface area contributed by atoms with Crippen LogP contribution in [0, 0.1) is 0 Å². The van der Waals surface area contributed by atoms with Gasteiger partial charge in [-0.05, 0) is 46.0 Å². The molecular formula is C32H33NO4S. The maximum absolute atomic E-state index is 9.46. The van der Waals surface area contributed by atoms with Crippen molar-refractivity contribution < 1.29 is 19.3 Å². The maximum Gasteiger partial charge on any atom is 0.184 e. The Morgan fingerprint density at radius 2 is 1.61 bits per heavy atom. The molecule has 0 aliphatic carbocycles. The average molecular weight is 528 g/mol. The van der Waals surface area contributed by atoms with E-state index in [2.05, 4.69) is 42.5 Å². The first-order valence-corrected chi connectivity index (χ1v) is 13.8. The highest BCUT2D eigenvalue weighted by Crippen LogP contribution is 2.40. The van der Waals surface area contributed by atoms with Crippen LogP contribution in [0.15, 0.2) is 102 Å². The molecule has 5 rings (SSSR count). The summed E-state index contributed by atoms with van der Waals surface area (Å²) in [7, 11) is 1.70. The predicted octanol–water partition coefficient (Wildman–Crippen LogP) is 6.65. The second-order valence-electron chi connectivity index (χ2n) is 9.34. The minimum atomic E-state index is -0.487. The van der Waals surface area contributed by atoms with E-state index < -0.39 is 6.29 Å². The number of hydrogen-bond donors (Lipinski definition) is 2. The van der Waals surface area contributed by atoms with Crippen LogP contribution < -0.4 is 10.5 Å². The van der Waals surface area contributed by atoms with Gasteiger partial charge in [0.15, 0.2) is 6.29 Å². The number of aliphatic hydroxyl groups is 1. The Kier molecular flexibility index (Phi) is 8.79. The Hall–Kier alpha value is -3.13. The fourth-order valence-corrected chi connectivity index (χ4v) is 5.70. The Morgan fingerprint density at radius 1 is 0.842 bits per heavy atom. The molecule has 1 aliphatic heterocycles. The summed E-state index contributed by atoms with van der Waals surface area (Å²) in [6, 6.07) is 32.7. The van der Waals surface area contributed by atoms with Crippen LogP contribution in [0.5, 0.6) is 5.75 Å². The number of aliphatic hydroxyl groups excluding tert-OH is 1. The van der Waals surface area contributed by atoms with E-state index in [4.69, 9.17) is 19.9 Å². The molecule has 0 spiro atoms. The number of ether oxygens (including phenoxy) is 3. The molecule has 0 bridgehead atoms. The molecule has 6 heteroatoms. The lowest BCUT2D eigenvalue weighted by molar-refractivity contribution is -0.245. The van der Waals surface area contributed by atoms with Gasteiger partial charge in [-0.3, -0.25) is 0 Å². The van der Waals surface area contributed by atoms with Crippen LogP contribution in [-0.4, -0.2) is 24.1 Å². The molecule has 4 aromatic rings. The van der Waals surface area contributed by atoms with Crippen LogP contribution in [0.1, 0.15) is 41.1 Å². The van der Waals surface area contributed by atoms with E-state index in [9.17, 15) is 5.11 Å². The van der Waals surface area contributed by atoms with E-state index in [1.54, 1.807) is 18.9 Å². The highest BCUT2D eigenvalue weighted by molar-refractivity contribution is 7.99. The van der Waals surface area contributed by atoms with Crippen molar-refractivity contribution in [3.05, 3.63) is 119 Å². The number of nitrogens with two attached hydrogens (primary N) is 1.